The van der Waals surface area contributed by atoms with Crippen LogP contribution in [0.25, 0.3) is 0 Å². The average molecular weight is 291 g/mol. The van der Waals surface area contributed by atoms with Crippen molar-refractivity contribution in [3.05, 3.63) is 22.2 Å². The largest absolute Gasteiger partial charge is 0.397 e. The van der Waals surface area contributed by atoms with Crippen molar-refractivity contribution in [2.24, 2.45) is 5.92 Å². The van der Waals surface area contributed by atoms with Crippen molar-refractivity contribution in [2.75, 3.05) is 30.8 Å². The molecule has 0 radical (unpaired) electrons. The first kappa shape index (κ1) is 15.4. The first-order valence-corrected chi connectivity index (χ1v) is 6.82. The predicted octanol–water partition coefficient (Wildman–Crippen LogP) is 4.05. The van der Waals surface area contributed by atoms with E-state index < -0.39 is 0 Å². The van der Waals surface area contributed by atoms with Gasteiger partial charge >= 0.3 is 0 Å². The number of anilines is 2. The van der Waals surface area contributed by atoms with Crippen molar-refractivity contribution in [3.8, 4) is 0 Å². The number of nitrogens with one attached hydrogen (secondary N) is 1. The monoisotopic (exact) mass is 290 g/mol. The van der Waals surface area contributed by atoms with Gasteiger partial charge in [0.05, 0.1) is 21.4 Å². The van der Waals surface area contributed by atoms with E-state index in [4.69, 9.17) is 33.7 Å². The van der Waals surface area contributed by atoms with Crippen LogP contribution in [0, 0.1) is 5.92 Å². The minimum atomic E-state index is 0.472. The summed E-state index contributed by atoms with van der Waals surface area (Å²) in [5.41, 5.74) is 7.25. The van der Waals surface area contributed by atoms with Crippen LogP contribution in [0.3, 0.4) is 0 Å². The fraction of sp³-hybridized carbons (Fsp3) is 0.538. The summed E-state index contributed by atoms with van der Waals surface area (Å²) in [6.07, 6.45) is 0.923. The maximum atomic E-state index is 5.93. The molecule has 5 heteroatoms. The molecule has 0 aliphatic carbocycles. The fourth-order valence-electron chi connectivity index (χ4n) is 1.43. The van der Waals surface area contributed by atoms with E-state index in [-0.39, 0.29) is 0 Å². The molecule has 0 saturated carbocycles. The smallest absolute Gasteiger partial charge is 0.0614 e. The fourth-order valence-corrected chi connectivity index (χ4v) is 1.77. The molecule has 18 heavy (non-hydrogen) atoms. The molecule has 3 N–H and O–H groups in total. The van der Waals surface area contributed by atoms with Gasteiger partial charge in [-0.15, -0.1) is 0 Å². The van der Waals surface area contributed by atoms with Crippen molar-refractivity contribution in [1.29, 1.82) is 0 Å². The second kappa shape index (κ2) is 7.72. The maximum absolute atomic E-state index is 5.93. The lowest BCUT2D eigenvalue weighted by Gasteiger charge is -2.11. The van der Waals surface area contributed by atoms with E-state index in [1.807, 2.05) is 0 Å². The summed E-state index contributed by atoms with van der Waals surface area (Å²) in [5, 5.41) is 4.20. The molecule has 0 aliphatic rings. The van der Waals surface area contributed by atoms with E-state index >= 15 is 0 Å². The van der Waals surface area contributed by atoms with E-state index in [0.717, 1.165) is 31.9 Å². The molecule has 0 saturated heterocycles. The molecule has 0 aliphatic heterocycles. The van der Waals surface area contributed by atoms with Crippen molar-refractivity contribution in [3.63, 3.8) is 0 Å². The minimum Gasteiger partial charge on any atom is -0.397 e. The molecule has 0 atom stereocenters. The van der Waals surface area contributed by atoms with Crippen molar-refractivity contribution >= 4 is 34.6 Å². The molecule has 0 bridgehead atoms. The highest BCUT2D eigenvalue weighted by Gasteiger charge is 2.04. The standard InChI is InChI=1S/C13H20Cl2N2O/c1-9(2)8-18-5-3-4-17-13-7-11(15)10(14)6-12(13)16/h6-7,9,17H,3-5,8,16H2,1-2H3. The van der Waals surface area contributed by atoms with Crippen LogP contribution in [0.5, 0.6) is 0 Å². The normalized spacial score (nSPS) is 10.9. The lowest BCUT2D eigenvalue weighted by Crippen LogP contribution is -2.09. The Labute approximate surface area is 119 Å². The van der Waals surface area contributed by atoms with Gasteiger partial charge in [-0.3, -0.25) is 0 Å². The van der Waals surface area contributed by atoms with Gasteiger partial charge in [0.25, 0.3) is 0 Å². The van der Waals surface area contributed by atoms with Crippen LogP contribution in [-0.2, 0) is 4.74 Å². The van der Waals surface area contributed by atoms with Gasteiger partial charge in [0.15, 0.2) is 0 Å². The van der Waals surface area contributed by atoms with Gasteiger partial charge in [-0.25, -0.2) is 0 Å². The summed E-state index contributed by atoms with van der Waals surface area (Å²) in [6, 6.07) is 3.40. The zero-order chi connectivity index (χ0) is 13.5. The van der Waals surface area contributed by atoms with Crippen LogP contribution in [0.15, 0.2) is 12.1 Å². The summed E-state index contributed by atoms with van der Waals surface area (Å²) in [7, 11) is 0. The van der Waals surface area contributed by atoms with E-state index in [0.29, 0.717) is 21.7 Å². The van der Waals surface area contributed by atoms with E-state index in [1.54, 1.807) is 12.1 Å². The van der Waals surface area contributed by atoms with E-state index in [2.05, 4.69) is 19.2 Å². The molecule has 0 fully saturated rings. The molecule has 1 aromatic rings. The molecular weight excluding hydrogens is 271 g/mol. The van der Waals surface area contributed by atoms with Crippen molar-refractivity contribution in [2.45, 2.75) is 20.3 Å². The number of hydrogen-bond acceptors (Lipinski definition) is 3. The Balaban J connectivity index is 2.29. The number of ether oxygens (including phenoxy) is 1. The molecule has 0 aromatic heterocycles. The van der Waals surface area contributed by atoms with Gasteiger partial charge in [-0.2, -0.15) is 0 Å². The van der Waals surface area contributed by atoms with Crippen LogP contribution >= 0.6 is 23.2 Å². The number of benzene rings is 1. The number of nitrogen functional groups attached to an aromatic ring is 1. The zero-order valence-corrected chi connectivity index (χ0v) is 12.3. The number of nitrogens with two attached hydrogens (primary N) is 1. The third-order valence-corrected chi connectivity index (χ3v) is 3.05. The summed E-state index contributed by atoms with van der Waals surface area (Å²) in [5.74, 6) is 0.573. The third kappa shape index (κ3) is 5.34. The molecule has 0 spiro atoms. The van der Waals surface area contributed by atoms with Crippen LogP contribution in [0.4, 0.5) is 11.4 Å². The predicted molar refractivity (Wildman–Crippen MR) is 79.6 cm³/mol. The van der Waals surface area contributed by atoms with Crippen LogP contribution in [-0.4, -0.2) is 19.8 Å². The van der Waals surface area contributed by atoms with Crippen LogP contribution in [0.1, 0.15) is 20.3 Å². The first-order chi connectivity index (χ1) is 8.50. The van der Waals surface area contributed by atoms with Gasteiger partial charge in [-0.05, 0) is 24.5 Å². The van der Waals surface area contributed by atoms with Gasteiger partial charge in [0, 0.05) is 19.8 Å². The van der Waals surface area contributed by atoms with Gasteiger partial charge < -0.3 is 15.8 Å². The van der Waals surface area contributed by atoms with Crippen molar-refractivity contribution < 1.29 is 4.74 Å². The Morgan fingerprint density at radius 1 is 1.28 bits per heavy atom. The van der Waals surface area contributed by atoms with Crippen LogP contribution < -0.4 is 11.1 Å². The molecular formula is C13H20Cl2N2O. The molecule has 0 heterocycles. The van der Waals surface area contributed by atoms with Crippen LogP contribution in [0.2, 0.25) is 10.0 Å². The Morgan fingerprint density at radius 3 is 2.61 bits per heavy atom. The maximum Gasteiger partial charge on any atom is 0.0614 e. The quantitative estimate of drug-likeness (QED) is 0.588. The zero-order valence-electron chi connectivity index (χ0n) is 10.8. The lowest BCUT2D eigenvalue weighted by atomic mass is 10.2. The van der Waals surface area contributed by atoms with Gasteiger partial charge in [-0.1, -0.05) is 37.0 Å². The molecule has 0 unspecified atom stereocenters. The Morgan fingerprint density at radius 2 is 1.94 bits per heavy atom. The Hall–Kier alpha value is -0.640. The van der Waals surface area contributed by atoms with Gasteiger partial charge in [0.2, 0.25) is 0 Å². The summed E-state index contributed by atoms with van der Waals surface area (Å²) in [4.78, 5) is 0. The minimum absolute atomic E-state index is 0.472. The third-order valence-electron chi connectivity index (χ3n) is 2.32. The molecule has 1 aromatic carbocycles. The SMILES string of the molecule is CC(C)COCCCNc1cc(Cl)c(Cl)cc1N. The number of rotatable bonds is 7. The highest BCUT2D eigenvalue weighted by atomic mass is 35.5. The molecule has 3 nitrogen and oxygen atoms in total. The second-order valence-corrected chi connectivity index (χ2v) is 5.42. The molecule has 0 amide bonds. The highest BCUT2D eigenvalue weighted by Crippen LogP contribution is 2.30. The lowest BCUT2D eigenvalue weighted by molar-refractivity contribution is 0.110. The first-order valence-electron chi connectivity index (χ1n) is 6.07. The number of halogens is 2. The van der Waals surface area contributed by atoms with Gasteiger partial charge in [0.1, 0.15) is 0 Å². The van der Waals surface area contributed by atoms with Crippen molar-refractivity contribution in [1.82, 2.24) is 0 Å². The summed E-state index contributed by atoms with van der Waals surface area (Å²) < 4.78 is 5.49. The summed E-state index contributed by atoms with van der Waals surface area (Å²) in [6.45, 7) is 6.60. The van der Waals surface area contributed by atoms with E-state index in [1.165, 1.54) is 0 Å². The van der Waals surface area contributed by atoms with E-state index in [9.17, 15) is 0 Å². The average Bonchev–Trinajstić information content (AvgIpc) is 2.29. The topological polar surface area (TPSA) is 47.3 Å². The highest BCUT2D eigenvalue weighted by molar-refractivity contribution is 6.42. The number of hydrogen-bond donors (Lipinski definition) is 2. The Kier molecular flexibility index (Phi) is 6.61. The summed E-state index contributed by atoms with van der Waals surface area (Å²) >= 11 is 11.8. The second-order valence-electron chi connectivity index (χ2n) is 4.60. The molecule has 102 valence electrons. The Bertz CT molecular complexity index is 383. The molecule has 1 rings (SSSR count).